The van der Waals surface area contributed by atoms with E-state index in [4.69, 9.17) is 4.42 Å². The molecule has 1 N–H and O–H groups in total. The number of rotatable bonds is 0. The molecule has 2 nitrogen and oxygen atoms in total. The largest absolute Gasteiger partial charge is 0.508 e. The van der Waals surface area contributed by atoms with Crippen molar-refractivity contribution < 1.29 is 9.52 Å². The monoisotopic (exact) mass is 162 g/mol. The number of hydrogen-bond donors (Lipinski definition) is 1. The van der Waals surface area contributed by atoms with Gasteiger partial charge in [-0.2, -0.15) is 0 Å². The fraction of sp³-hybridized carbons (Fsp3) is 0.200. The topological polar surface area (TPSA) is 33.4 Å². The maximum atomic E-state index is 9.26. The van der Waals surface area contributed by atoms with E-state index in [0.29, 0.717) is 0 Å². The Kier molecular flexibility index (Phi) is 1.37. The Morgan fingerprint density at radius 3 is 2.67 bits per heavy atom. The minimum atomic E-state index is 0.259. The van der Waals surface area contributed by atoms with Gasteiger partial charge in [0.25, 0.3) is 0 Å². The first-order valence-corrected chi connectivity index (χ1v) is 3.86. The molecule has 0 spiro atoms. The van der Waals surface area contributed by atoms with Crippen molar-refractivity contribution in [2.45, 2.75) is 13.8 Å². The summed E-state index contributed by atoms with van der Waals surface area (Å²) in [6.45, 7) is 3.85. The highest BCUT2D eigenvalue weighted by atomic mass is 16.3. The third-order valence-corrected chi connectivity index (χ3v) is 1.95. The van der Waals surface area contributed by atoms with Crippen LogP contribution in [0.4, 0.5) is 0 Å². The van der Waals surface area contributed by atoms with Gasteiger partial charge in [0, 0.05) is 11.5 Å². The molecule has 2 aromatic rings. The van der Waals surface area contributed by atoms with E-state index in [9.17, 15) is 5.11 Å². The van der Waals surface area contributed by atoms with E-state index in [1.165, 1.54) is 0 Å². The van der Waals surface area contributed by atoms with Crippen molar-refractivity contribution in [2.24, 2.45) is 0 Å². The van der Waals surface area contributed by atoms with E-state index >= 15 is 0 Å². The lowest BCUT2D eigenvalue weighted by molar-refractivity contribution is 0.473. The van der Waals surface area contributed by atoms with Crippen molar-refractivity contribution in [1.82, 2.24) is 0 Å². The molecule has 1 heterocycles. The van der Waals surface area contributed by atoms with E-state index in [-0.39, 0.29) is 5.75 Å². The summed E-state index contributed by atoms with van der Waals surface area (Å²) in [5.74, 6) is 1.13. The van der Waals surface area contributed by atoms with Crippen molar-refractivity contribution in [2.75, 3.05) is 0 Å². The van der Waals surface area contributed by atoms with Crippen molar-refractivity contribution in [3.8, 4) is 5.75 Å². The second-order valence-corrected chi connectivity index (χ2v) is 3.03. The van der Waals surface area contributed by atoms with Gasteiger partial charge < -0.3 is 9.52 Å². The van der Waals surface area contributed by atoms with Crippen LogP contribution in [0.15, 0.2) is 22.6 Å². The van der Waals surface area contributed by atoms with Crippen molar-refractivity contribution in [3.63, 3.8) is 0 Å². The van der Waals surface area contributed by atoms with Gasteiger partial charge >= 0.3 is 0 Å². The third kappa shape index (κ3) is 0.961. The van der Waals surface area contributed by atoms with E-state index in [0.717, 1.165) is 22.3 Å². The Balaban J connectivity index is 2.88. The Bertz CT molecular complexity index is 427. The molecule has 0 saturated carbocycles. The number of aromatic hydroxyl groups is 1. The molecule has 0 fully saturated rings. The van der Waals surface area contributed by atoms with Gasteiger partial charge in [-0.1, -0.05) is 0 Å². The van der Waals surface area contributed by atoms with Crippen molar-refractivity contribution in [3.05, 3.63) is 29.5 Å². The van der Waals surface area contributed by atoms with E-state index < -0.39 is 0 Å². The van der Waals surface area contributed by atoms with Crippen LogP contribution in [0.5, 0.6) is 5.75 Å². The highest BCUT2D eigenvalue weighted by Gasteiger charge is 2.04. The smallest absolute Gasteiger partial charge is 0.138 e. The van der Waals surface area contributed by atoms with Crippen LogP contribution in [0.25, 0.3) is 11.0 Å². The van der Waals surface area contributed by atoms with Gasteiger partial charge in [-0.05, 0) is 31.5 Å². The maximum Gasteiger partial charge on any atom is 0.138 e. The first-order valence-electron chi connectivity index (χ1n) is 3.86. The first kappa shape index (κ1) is 7.22. The summed E-state index contributed by atoms with van der Waals surface area (Å²) in [5.41, 5.74) is 1.80. The zero-order valence-electron chi connectivity index (χ0n) is 7.09. The summed E-state index contributed by atoms with van der Waals surface area (Å²) in [4.78, 5) is 0. The van der Waals surface area contributed by atoms with Gasteiger partial charge in [-0.3, -0.25) is 0 Å². The van der Waals surface area contributed by atoms with Crippen molar-refractivity contribution >= 4 is 11.0 Å². The number of fused-ring (bicyclic) bond motifs is 1. The summed E-state index contributed by atoms with van der Waals surface area (Å²) in [6.07, 6.45) is 0. The van der Waals surface area contributed by atoms with E-state index in [1.807, 2.05) is 19.9 Å². The average molecular weight is 162 g/mol. The predicted molar refractivity (Wildman–Crippen MR) is 47.4 cm³/mol. The highest BCUT2D eigenvalue weighted by molar-refractivity contribution is 5.82. The van der Waals surface area contributed by atoms with Gasteiger partial charge in [0.2, 0.25) is 0 Å². The highest BCUT2D eigenvalue weighted by Crippen LogP contribution is 2.26. The molecule has 0 saturated heterocycles. The molecular formula is C10H10O2. The molecule has 0 bridgehead atoms. The average Bonchev–Trinajstić information content (AvgIpc) is 2.29. The fourth-order valence-electron chi connectivity index (χ4n) is 1.42. The lowest BCUT2D eigenvalue weighted by Crippen LogP contribution is -1.72. The van der Waals surface area contributed by atoms with Gasteiger partial charge in [-0.25, -0.2) is 0 Å². The normalized spacial score (nSPS) is 10.8. The van der Waals surface area contributed by atoms with Crippen LogP contribution >= 0.6 is 0 Å². The summed E-state index contributed by atoms with van der Waals surface area (Å²) in [7, 11) is 0. The van der Waals surface area contributed by atoms with Gasteiger partial charge in [0.1, 0.15) is 17.1 Å². The second-order valence-electron chi connectivity index (χ2n) is 3.03. The molecule has 1 aromatic heterocycles. The summed E-state index contributed by atoms with van der Waals surface area (Å²) in [6, 6.07) is 5.34. The van der Waals surface area contributed by atoms with Crippen LogP contribution in [0, 0.1) is 13.8 Å². The minimum Gasteiger partial charge on any atom is -0.508 e. The number of hydrogen-bond acceptors (Lipinski definition) is 2. The second kappa shape index (κ2) is 2.27. The quantitative estimate of drug-likeness (QED) is 0.646. The Morgan fingerprint density at radius 2 is 1.92 bits per heavy atom. The maximum absolute atomic E-state index is 9.26. The summed E-state index contributed by atoms with van der Waals surface area (Å²) in [5, 5.41) is 10.3. The molecule has 0 unspecified atom stereocenters. The number of phenolic OH excluding ortho intramolecular Hbond substituents is 1. The number of benzene rings is 1. The first-order chi connectivity index (χ1) is 5.66. The molecule has 0 radical (unpaired) electrons. The minimum absolute atomic E-state index is 0.259. The zero-order valence-corrected chi connectivity index (χ0v) is 7.09. The molecule has 1 aromatic carbocycles. The van der Waals surface area contributed by atoms with Crippen LogP contribution in [0.3, 0.4) is 0 Å². The van der Waals surface area contributed by atoms with Gasteiger partial charge in [-0.15, -0.1) is 0 Å². The van der Waals surface area contributed by atoms with E-state index in [1.54, 1.807) is 12.1 Å². The standard InChI is InChI=1S/C10H10O2/c1-6-3-8(11)5-10-9(6)4-7(2)12-10/h3-5,11H,1-2H3. The molecule has 62 valence electrons. The Hall–Kier alpha value is -1.44. The lowest BCUT2D eigenvalue weighted by Gasteiger charge is -1.95. The third-order valence-electron chi connectivity index (χ3n) is 1.95. The molecule has 2 rings (SSSR count). The summed E-state index contributed by atoms with van der Waals surface area (Å²) >= 11 is 0. The molecular weight excluding hydrogens is 152 g/mol. The molecule has 0 aliphatic carbocycles. The van der Waals surface area contributed by atoms with Crippen LogP contribution in [-0.2, 0) is 0 Å². The van der Waals surface area contributed by atoms with E-state index in [2.05, 4.69) is 0 Å². The Morgan fingerprint density at radius 1 is 1.17 bits per heavy atom. The number of aryl methyl sites for hydroxylation is 2. The van der Waals surface area contributed by atoms with Crippen LogP contribution < -0.4 is 0 Å². The molecule has 0 aliphatic heterocycles. The van der Waals surface area contributed by atoms with Crippen LogP contribution in [0.1, 0.15) is 11.3 Å². The van der Waals surface area contributed by atoms with Crippen LogP contribution in [-0.4, -0.2) is 5.11 Å². The Labute approximate surface area is 70.4 Å². The lowest BCUT2D eigenvalue weighted by atomic mass is 10.1. The number of phenols is 1. The molecule has 0 atom stereocenters. The molecule has 0 aliphatic rings. The molecule has 2 heteroatoms. The molecule has 0 amide bonds. The van der Waals surface area contributed by atoms with Crippen LogP contribution in [0.2, 0.25) is 0 Å². The molecule has 12 heavy (non-hydrogen) atoms. The SMILES string of the molecule is Cc1cc2c(C)cc(O)cc2o1. The fourth-order valence-corrected chi connectivity index (χ4v) is 1.42. The predicted octanol–water partition coefficient (Wildman–Crippen LogP) is 2.76. The van der Waals surface area contributed by atoms with Crippen molar-refractivity contribution in [1.29, 1.82) is 0 Å². The zero-order chi connectivity index (χ0) is 8.72. The number of furan rings is 1. The van der Waals surface area contributed by atoms with Gasteiger partial charge in [0.05, 0.1) is 0 Å². The summed E-state index contributed by atoms with van der Waals surface area (Å²) < 4.78 is 5.37. The van der Waals surface area contributed by atoms with Gasteiger partial charge in [0.15, 0.2) is 0 Å².